The van der Waals surface area contributed by atoms with Crippen molar-refractivity contribution < 1.29 is 22.4 Å². The molecule has 22 heavy (non-hydrogen) atoms. The van der Waals surface area contributed by atoms with Crippen molar-refractivity contribution in [2.75, 3.05) is 13.1 Å². The van der Waals surface area contributed by atoms with Gasteiger partial charge in [0, 0.05) is 19.1 Å². The Labute approximate surface area is 126 Å². The van der Waals surface area contributed by atoms with Crippen LogP contribution in [0.4, 0.5) is 17.6 Å². The highest BCUT2D eigenvalue weighted by Gasteiger charge is 2.39. The minimum Gasteiger partial charge on any atom is -0.338 e. The van der Waals surface area contributed by atoms with E-state index in [1.54, 1.807) is 0 Å². The molecule has 7 heteroatoms. The molecule has 1 aliphatic heterocycles. The second-order valence-corrected chi connectivity index (χ2v) is 6.28. The Kier molecular flexibility index (Phi) is 4.21. The fourth-order valence-corrected chi connectivity index (χ4v) is 2.63. The summed E-state index contributed by atoms with van der Waals surface area (Å²) in [6, 6.07) is 2.64. The van der Waals surface area contributed by atoms with Gasteiger partial charge in [0.05, 0.1) is 11.1 Å². The number of alkyl halides is 3. The summed E-state index contributed by atoms with van der Waals surface area (Å²) in [4.78, 5) is 13.7. The van der Waals surface area contributed by atoms with E-state index in [4.69, 9.17) is 5.73 Å². The van der Waals surface area contributed by atoms with Crippen LogP contribution in [0.2, 0.25) is 0 Å². The van der Waals surface area contributed by atoms with E-state index in [-0.39, 0.29) is 18.0 Å². The average Bonchev–Trinajstić information content (AvgIpc) is 2.40. The molecule has 1 fully saturated rings. The summed E-state index contributed by atoms with van der Waals surface area (Å²) >= 11 is 0. The van der Waals surface area contributed by atoms with E-state index in [9.17, 15) is 22.4 Å². The summed E-state index contributed by atoms with van der Waals surface area (Å²) < 4.78 is 52.2. The average molecular weight is 318 g/mol. The standard InChI is InChI=1S/C15H18F4N2O/c1-14(2)8-21(7-6-11(14)20)13(22)9-4-3-5-10(12(9)16)15(17,18)19/h3-5,11H,6-8,20H2,1-2H3. The Morgan fingerprint density at radius 1 is 1.36 bits per heavy atom. The van der Waals surface area contributed by atoms with Crippen LogP contribution in [0.3, 0.4) is 0 Å². The molecule has 1 heterocycles. The van der Waals surface area contributed by atoms with Gasteiger partial charge in [0.25, 0.3) is 5.91 Å². The van der Waals surface area contributed by atoms with Gasteiger partial charge in [0.2, 0.25) is 0 Å². The normalized spacial score (nSPS) is 21.8. The molecular weight excluding hydrogens is 300 g/mol. The molecule has 0 aromatic heterocycles. The number of nitrogens with zero attached hydrogens (tertiary/aromatic N) is 1. The van der Waals surface area contributed by atoms with Gasteiger partial charge < -0.3 is 10.6 Å². The third-order valence-electron chi connectivity index (χ3n) is 4.13. The first-order chi connectivity index (χ1) is 10.0. The monoisotopic (exact) mass is 318 g/mol. The van der Waals surface area contributed by atoms with E-state index >= 15 is 0 Å². The van der Waals surface area contributed by atoms with Gasteiger partial charge in [0.1, 0.15) is 5.82 Å². The van der Waals surface area contributed by atoms with Crippen molar-refractivity contribution in [2.24, 2.45) is 11.1 Å². The molecule has 1 unspecified atom stereocenters. The Morgan fingerprint density at radius 3 is 2.55 bits per heavy atom. The van der Waals surface area contributed by atoms with Crippen molar-refractivity contribution in [2.45, 2.75) is 32.5 Å². The van der Waals surface area contributed by atoms with Crippen LogP contribution in [0.25, 0.3) is 0 Å². The highest BCUT2D eigenvalue weighted by Crippen LogP contribution is 2.34. The van der Waals surface area contributed by atoms with Crippen molar-refractivity contribution in [1.29, 1.82) is 0 Å². The molecule has 3 nitrogen and oxygen atoms in total. The molecule has 1 aromatic carbocycles. The number of nitrogens with two attached hydrogens (primary N) is 1. The SMILES string of the molecule is CC1(C)CN(C(=O)c2cccc(C(F)(F)F)c2F)CCC1N. The van der Waals surface area contributed by atoms with E-state index in [2.05, 4.69) is 0 Å². The van der Waals surface area contributed by atoms with Crippen molar-refractivity contribution in [3.63, 3.8) is 0 Å². The smallest absolute Gasteiger partial charge is 0.338 e. The van der Waals surface area contributed by atoms with Crippen LogP contribution in [0.1, 0.15) is 36.2 Å². The first kappa shape index (κ1) is 16.7. The van der Waals surface area contributed by atoms with Gasteiger partial charge in [-0.2, -0.15) is 13.2 Å². The minimum atomic E-state index is -4.83. The third kappa shape index (κ3) is 3.09. The number of amides is 1. The number of piperidine rings is 1. The number of carbonyl (C=O) groups excluding carboxylic acids is 1. The van der Waals surface area contributed by atoms with Crippen LogP contribution in [-0.4, -0.2) is 29.9 Å². The molecular formula is C15H18F4N2O. The van der Waals surface area contributed by atoms with Gasteiger partial charge >= 0.3 is 6.18 Å². The number of halogens is 4. The summed E-state index contributed by atoms with van der Waals surface area (Å²) in [6.07, 6.45) is -4.30. The van der Waals surface area contributed by atoms with Crippen molar-refractivity contribution in [3.8, 4) is 0 Å². The number of carbonyl (C=O) groups is 1. The molecule has 122 valence electrons. The van der Waals surface area contributed by atoms with Gasteiger partial charge in [0.15, 0.2) is 0 Å². The molecule has 0 saturated carbocycles. The van der Waals surface area contributed by atoms with Crippen LogP contribution in [0.15, 0.2) is 18.2 Å². The molecule has 1 amide bonds. The van der Waals surface area contributed by atoms with Gasteiger partial charge in [-0.25, -0.2) is 4.39 Å². The molecule has 1 saturated heterocycles. The number of hydrogen-bond donors (Lipinski definition) is 1. The Morgan fingerprint density at radius 2 is 2.00 bits per heavy atom. The number of likely N-dealkylation sites (tertiary alicyclic amines) is 1. The van der Waals surface area contributed by atoms with Crippen molar-refractivity contribution >= 4 is 5.91 Å². The number of hydrogen-bond acceptors (Lipinski definition) is 2. The maximum atomic E-state index is 14.1. The summed E-state index contributed by atoms with van der Waals surface area (Å²) in [6.45, 7) is 4.33. The van der Waals surface area contributed by atoms with E-state index in [0.29, 0.717) is 19.0 Å². The van der Waals surface area contributed by atoms with Crippen molar-refractivity contribution in [1.82, 2.24) is 4.90 Å². The maximum absolute atomic E-state index is 14.1. The lowest BCUT2D eigenvalue weighted by Gasteiger charge is -2.42. The fourth-order valence-electron chi connectivity index (χ4n) is 2.63. The Bertz CT molecular complexity index is 583. The lowest BCUT2D eigenvalue weighted by Crippen LogP contribution is -2.54. The molecule has 0 spiro atoms. The zero-order valence-electron chi connectivity index (χ0n) is 12.4. The zero-order chi connectivity index (χ0) is 16.7. The first-order valence-electron chi connectivity index (χ1n) is 6.94. The molecule has 2 N–H and O–H groups in total. The predicted octanol–water partition coefficient (Wildman–Crippen LogP) is 3.04. The summed E-state index contributed by atoms with van der Waals surface area (Å²) in [7, 11) is 0. The molecule has 0 aliphatic carbocycles. The predicted molar refractivity (Wildman–Crippen MR) is 73.7 cm³/mol. The second-order valence-electron chi connectivity index (χ2n) is 6.28. The van der Waals surface area contributed by atoms with Crippen LogP contribution < -0.4 is 5.73 Å². The quantitative estimate of drug-likeness (QED) is 0.809. The molecule has 1 aromatic rings. The summed E-state index contributed by atoms with van der Waals surface area (Å²) in [5, 5.41) is 0. The van der Waals surface area contributed by atoms with Crippen LogP contribution in [-0.2, 0) is 6.18 Å². The van der Waals surface area contributed by atoms with Crippen LogP contribution in [0.5, 0.6) is 0 Å². The highest BCUT2D eigenvalue weighted by molar-refractivity contribution is 5.94. The van der Waals surface area contributed by atoms with E-state index in [1.165, 1.54) is 4.90 Å². The van der Waals surface area contributed by atoms with Gasteiger partial charge in [-0.1, -0.05) is 19.9 Å². The third-order valence-corrected chi connectivity index (χ3v) is 4.13. The van der Waals surface area contributed by atoms with E-state index < -0.39 is 29.0 Å². The van der Waals surface area contributed by atoms with Gasteiger partial charge in [-0.05, 0) is 24.0 Å². The summed E-state index contributed by atoms with van der Waals surface area (Å²) in [5.74, 6) is -2.25. The lowest BCUT2D eigenvalue weighted by molar-refractivity contribution is -0.140. The lowest BCUT2D eigenvalue weighted by atomic mass is 9.79. The number of rotatable bonds is 1. The van der Waals surface area contributed by atoms with Crippen molar-refractivity contribution in [3.05, 3.63) is 35.1 Å². The zero-order valence-corrected chi connectivity index (χ0v) is 12.4. The first-order valence-corrected chi connectivity index (χ1v) is 6.94. The van der Waals surface area contributed by atoms with Gasteiger partial charge in [-0.15, -0.1) is 0 Å². The minimum absolute atomic E-state index is 0.108. The van der Waals surface area contributed by atoms with E-state index in [0.717, 1.165) is 12.1 Å². The van der Waals surface area contributed by atoms with E-state index in [1.807, 2.05) is 13.8 Å². The molecule has 0 radical (unpaired) electrons. The topological polar surface area (TPSA) is 46.3 Å². The fraction of sp³-hybridized carbons (Fsp3) is 0.533. The molecule has 1 aliphatic rings. The summed E-state index contributed by atoms with van der Waals surface area (Å²) in [5.41, 5.74) is 3.62. The second kappa shape index (κ2) is 5.53. The molecule has 2 rings (SSSR count). The highest BCUT2D eigenvalue weighted by atomic mass is 19.4. The molecule has 1 atom stereocenters. The van der Waals surface area contributed by atoms with Crippen LogP contribution >= 0.6 is 0 Å². The molecule has 0 bridgehead atoms. The van der Waals surface area contributed by atoms with Gasteiger partial charge in [-0.3, -0.25) is 4.79 Å². The number of benzene rings is 1. The van der Waals surface area contributed by atoms with Crippen LogP contribution in [0, 0.1) is 11.2 Å². The Hall–Kier alpha value is -1.63. The maximum Gasteiger partial charge on any atom is 0.419 e. The largest absolute Gasteiger partial charge is 0.419 e. The Balaban J connectivity index is 2.31.